The van der Waals surface area contributed by atoms with Crippen molar-refractivity contribution in [3.05, 3.63) is 0 Å². The summed E-state index contributed by atoms with van der Waals surface area (Å²) >= 11 is 0. The zero-order chi connectivity index (χ0) is 14.1. The molecule has 0 bridgehead atoms. The first-order chi connectivity index (χ1) is 9.22. The van der Waals surface area contributed by atoms with Crippen LogP contribution >= 0.6 is 0 Å². The Hall–Kier alpha value is -0.160. The van der Waals surface area contributed by atoms with Gasteiger partial charge in [0.05, 0.1) is 13.2 Å². The first kappa shape index (κ1) is 16.9. The van der Waals surface area contributed by atoms with E-state index in [1.807, 2.05) is 0 Å². The summed E-state index contributed by atoms with van der Waals surface area (Å²) in [5.74, 6) is 0. The van der Waals surface area contributed by atoms with E-state index in [2.05, 4.69) is 24.1 Å². The SMILES string of the molecule is CCNC1CCC(N(CCOC)C(C)COC)CC1. The van der Waals surface area contributed by atoms with Crippen molar-refractivity contribution < 1.29 is 9.47 Å². The van der Waals surface area contributed by atoms with Crippen LogP contribution in [0.25, 0.3) is 0 Å². The van der Waals surface area contributed by atoms with Gasteiger partial charge in [-0.1, -0.05) is 6.92 Å². The maximum Gasteiger partial charge on any atom is 0.0615 e. The second kappa shape index (κ2) is 9.70. The molecule has 4 nitrogen and oxygen atoms in total. The molecule has 0 spiro atoms. The minimum Gasteiger partial charge on any atom is -0.383 e. The Morgan fingerprint density at radius 1 is 1.16 bits per heavy atom. The molecule has 19 heavy (non-hydrogen) atoms. The van der Waals surface area contributed by atoms with E-state index in [4.69, 9.17) is 9.47 Å². The lowest BCUT2D eigenvalue weighted by atomic mass is 9.89. The minimum atomic E-state index is 0.473. The zero-order valence-corrected chi connectivity index (χ0v) is 13.2. The fourth-order valence-electron chi connectivity index (χ4n) is 3.20. The molecule has 0 heterocycles. The Kier molecular flexibility index (Phi) is 8.62. The van der Waals surface area contributed by atoms with E-state index in [1.165, 1.54) is 25.7 Å². The maximum atomic E-state index is 5.32. The van der Waals surface area contributed by atoms with Crippen LogP contribution in [0.3, 0.4) is 0 Å². The molecule has 0 saturated heterocycles. The summed E-state index contributed by atoms with van der Waals surface area (Å²) in [7, 11) is 3.56. The van der Waals surface area contributed by atoms with Gasteiger partial charge in [-0.05, 0) is 39.2 Å². The Morgan fingerprint density at radius 2 is 1.84 bits per heavy atom. The molecule has 114 valence electrons. The van der Waals surface area contributed by atoms with Crippen molar-refractivity contribution in [3.8, 4) is 0 Å². The van der Waals surface area contributed by atoms with Gasteiger partial charge in [0.15, 0.2) is 0 Å². The van der Waals surface area contributed by atoms with E-state index >= 15 is 0 Å². The average molecular weight is 272 g/mol. The highest BCUT2D eigenvalue weighted by atomic mass is 16.5. The standard InChI is InChI=1S/C15H32N2O2/c1-5-16-14-6-8-15(9-7-14)17(10-11-18-3)13(2)12-19-4/h13-16H,5-12H2,1-4H3. The summed E-state index contributed by atoms with van der Waals surface area (Å²) in [6, 6.07) is 1.89. The fraction of sp³-hybridized carbons (Fsp3) is 1.00. The molecule has 0 aromatic rings. The molecular weight excluding hydrogens is 240 g/mol. The van der Waals surface area contributed by atoms with Gasteiger partial charge in [0.1, 0.15) is 0 Å². The maximum absolute atomic E-state index is 5.32. The predicted octanol–water partition coefficient (Wildman–Crippen LogP) is 1.89. The van der Waals surface area contributed by atoms with Gasteiger partial charge in [-0.3, -0.25) is 4.90 Å². The highest BCUT2D eigenvalue weighted by Gasteiger charge is 2.28. The molecule has 1 atom stereocenters. The molecule has 0 aromatic heterocycles. The van der Waals surface area contributed by atoms with Crippen molar-refractivity contribution in [2.24, 2.45) is 0 Å². The van der Waals surface area contributed by atoms with Crippen LogP contribution in [-0.4, -0.2) is 63.5 Å². The summed E-state index contributed by atoms with van der Waals surface area (Å²) in [6.07, 6.45) is 5.16. The minimum absolute atomic E-state index is 0.473. The number of methoxy groups -OCH3 is 2. The summed E-state index contributed by atoms with van der Waals surface area (Å²) < 4.78 is 10.6. The smallest absolute Gasteiger partial charge is 0.0615 e. The van der Waals surface area contributed by atoms with Gasteiger partial charge in [-0.25, -0.2) is 0 Å². The molecule has 1 aliphatic rings. The molecule has 0 aliphatic heterocycles. The third-order valence-electron chi connectivity index (χ3n) is 4.19. The van der Waals surface area contributed by atoms with Crippen LogP contribution in [0.1, 0.15) is 39.5 Å². The van der Waals surface area contributed by atoms with Crippen molar-refractivity contribution >= 4 is 0 Å². The summed E-state index contributed by atoms with van der Waals surface area (Å²) in [5, 5.41) is 3.57. The second-order valence-electron chi connectivity index (χ2n) is 5.60. The normalized spacial score (nSPS) is 25.7. The van der Waals surface area contributed by atoms with Gasteiger partial charge >= 0.3 is 0 Å². The van der Waals surface area contributed by atoms with E-state index < -0.39 is 0 Å². The number of nitrogens with zero attached hydrogens (tertiary/aromatic N) is 1. The zero-order valence-electron chi connectivity index (χ0n) is 13.2. The average Bonchev–Trinajstić information content (AvgIpc) is 2.41. The number of nitrogens with one attached hydrogen (secondary N) is 1. The second-order valence-corrected chi connectivity index (χ2v) is 5.60. The summed E-state index contributed by atoms with van der Waals surface area (Å²) in [4.78, 5) is 2.58. The van der Waals surface area contributed by atoms with E-state index in [0.29, 0.717) is 12.1 Å². The number of hydrogen-bond acceptors (Lipinski definition) is 4. The quantitative estimate of drug-likeness (QED) is 0.695. The van der Waals surface area contributed by atoms with E-state index in [-0.39, 0.29) is 0 Å². The van der Waals surface area contributed by atoms with Gasteiger partial charge < -0.3 is 14.8 Å². The molecule has 1 unspecified atom stereocenters. The molecule has 1 saturated carbocycles. The number of rotatable bonds is 9. The molecule has 1 N–H and O–H groups in total. The number of ether oxygens (including phenoxy) is 2. The van der Waals surface area contributed by atoms with E-state index in [9.17, 15) is 0 Å². The van der Waals surface area contributed by atoms with E-state index in [1.54, 1.807) is 14.2 Å². The van der Waals surface area contributed by atoms with Gasteiger partial charge in [-0.2, -0.15) is 0 Å². The molecule has 0 radical (unpaired) electrons. The van der Waals surface area contributed by atoms with E-state index in [0.717, 1.165) is 32.3 Å². The first-order valence-electron chi connectivity index (χ1n) is 7.69. The lowest BCUT2D eigenvalue weighted by Gasteiger charge is -2.40. The molecule has 1 rings (SSSR count). The summed E-state index contributed by atoms with van der Waals surface area (Å²) in [6.45, 7) is 8.16. The summed E-state index contributed by atoms with van der Waals surface area (Å²) in [5.41, 5.74) is 0. The van der Waals surface area contributed by atoms with Crippen LogP contribution in [0.5, 0.6) is 0 Å². The van der Waals surface area contributed by atoms with Crippen LogP contribution in [0, 0.1) is 0 Å². The van der Waals surface area contributed by atoms with Crippen LogP contribution in [0.15, 0.2) is 0 Å². The topological polar surface area (TPSA) is 33.7 Å². The van der Waals surface area contributed by atoms with Crippen molar-refractivity contribution in [2.45, 2.75) is 57.7 Å². The highest BCUT2D eigenvalue weighted by Crippen LogP contribution is 2.24. The van der Waals surface area contributed by atoms with Crippen LogP contribution < -0.4 is 5.32 Å². The van der Waals surface area contributed by atoms with Gasteiger partial charge in [-0.15, -0.1) is 0 Å². The van der Waals surface area contributed by atoms with Crippen molar-refractivity contribution in [2.75, 3.05) is 40.5 Å². The van der Waals surface area contributed by atoms with Crippen LogP contribution in [-0.2, 0) is 9.47 Å². The highest BCUT2D eigenvalue weighted by molar-refractivity contribution is 4.84. The largest absolute Gasteiger partial charge is 0.383 e. The first-order valence-corrected chi connectivity index (χ1v) is 7.69. The molecule has 4 heteroatoms. The van der Waals surface area contributed by atoms with Gasteiger partial charge in [0.2, 0.25) is 0 Å². The Bertz CT molecular complexity index is 218. The fourth-order valence-corrected chi connectivity index (χ4v) is 3.20. The van der Waals surface area contributed by atoms with Crippen molar-refractivity contribution in [1.29, 1.82) is 0 Å². The molecule has 1 aliphatic carbocycles. The Labute approximate surface area is 118 Å². The molecule has 0 amide bonds. The Morgan fingerprint density at radius 3 is 2.37 bits per heavy atom. The predicted molar refractivity (Wildman–Crippen MR) is 79.6 cm³/mol. The monoisotopic (exact) mass is 272 g/mol. The molecule has 1 fully saturated rings. The molecular formula is C15H32N2O2. The molecule has 0 aromatic carbocycles. The third kappa shape index (κ3) is 5.78. The Balaban J connectivity index is 2.46. The third-order valence-corrected chi connectivity index (χ3v) is 4.19. The van der Waals surface area contributed by atoms with Crippen LogP contribution in [0.2, 0.25) is 0 Å². The van der Waals surface area contributed by atoms with Crippen LogP contribution in [0.4, 0.5) is 0 Å². The lowest BCUT2D eigenvalue weighted by molar-refractivity contribution is 0.0323. The van der Waals surface area contributed by atoms with Gasteiger partial charge in [0, 0.05) is 38.9 Å². The lowest BCUT2D eigenvalue weighted by Crippen LogP contribution is -2.48. The van der Waals surface area contributed by atoms with Crippen molar-refractivity contribution in [3.63, 3.8) is 0 Å². The van der Waals surface area contributed by atoms with Gasteiger partial charge in [0.25, 0.3) is 0 Å². The van der Waals surface area contributed by atoms with Crippen molar-refractivity contribution in [1.82, 2.24) is 10.2 Å². The number of hydrogen-bond donors (Lipinski definition) is 1.